The van der Waals surface area contributed by atoms with Gasteiger partial charge in [0.15, 0.2) is 0 Å². The molecule has 0 aromatic heterocycles. The van der Waals surface area contributed by atoms with Crippen LogP contribution in [0, 0.1) is 5.92 Å². The van der Waals surface area contributed by atoms with Gasteiger partial charge in [-0.25, -0.2) is 4.79 Å². The molecule has 27 heavy (non-hydrogen) atoms. The summed E-state index contributed by atoms with van der Waals surface area (Å²) < 4.78 is 0. The van der Waals surface area contributed by atoms with Crippen LogP contribution in [0.3, 0.4) is 0 Å². The number of carboxylic acid groups (broad SMARTS) is 1. The van der Waals surface area contributed by atoms with Crippen molar-refractivity contribution >= 4 is 29.2 Å². The monoisotopic (exact) mass is 373 g/mol. The highest BCUT2D eigenvalue weighted by atomic mass is 16.4. The van der Waals surface area contributed by atoms with Crippen LogP contribution in [-0.4, -0.2) is 59.1 Å². The molecule has 2 amide bonds. The quantitative estimate of drug-likeness (QED) is 0.644. The molecule has 2 aliphatic heterocycles. The Kier molecular flexibility index (Phi) is 5.46. The lowest BCUT2D eigenvalue weighted by atomic mass is 9.98. The number of nitrogens with one attached hydrogen (secondary N) is 1. The summed E-state index contributed by atoms with van der Waals surface area (Å²) in [5.41, 5.74) is 1.44. The highest BCUT2D eigenvalue weighted by Crippen LogP contribution is 2.32. The lowest BCUT2D eigenvalue weighted by molar-refractivity contribution is -0.137. The molecule has 0 atom stereocenters. The highest BCUT2D eigenvalue weighted by Gasteiger charge is 2.31. The number of carboxylic acids is 1. The molecule has 2 aliphatic rings. The molecule has 0 radical (unpaired) electrons. The SMILES string of the molecule is CC1CCN(c2ccc(C(=O)O)cc2NC2=CC(=O)N(CCO)C2=O)CC1. The predicted molar refractivity (Wildman–Crippen MR) is 99.5 cm³/mol. The van der Waals surface area contributed by atoms with Gasteiger partial charge in [-0.15, -0.1) is 0 Å². The van der Waals surface area contributed by atoms with Crippen LogP contribution < -0.4 is 10.2 Å². The van der Waals surface area contributed by atoms with Crippen LogP contribution in [0.25, 0.3) is 0 Å². The number of piperidine rings is 1. The van der Waals surface area contributed by atoms with Crippen LogP contribution in [0.4, 0.5) is 11.4 Å². The van der Waals surface area contributed by atoms with E-state index in [9.17, 15) is 19.5 Å². The van der Waals surface area contributed by atoms with Crippen molar-refractivity contribution in [3.05, 3.63) is 35.5 Å². The molecule has 3 rings (SSSR count). The predicted octanol–water partition coefficient (Wildman–Crippen LogP) is 1.28. The Balaban J connectivity index is 1.90. The second-order valence-electron chi connectivity index (χ2n) is 6.91. The van der Waals surface area contributed by atoms with Crippen LogP contribution in [-0.2, 0) is 9.59 Å². The summed E-state index contributed by atoms with van der Waals surface area (Å²) in [4.78, 5) is 38.8. The number of nitrogens with zero attached hydrogens (tertiary/aromatic N) is 2. The Bertz CT molecular complexity index is 797. The van der Waals surface area contributed by atoms with E-state index < -0.39 is 17.8 Å². The Morgan fingerprint density at radius 2 is 1.96 bits per heavy atom. The van der Waals surface area contributed by atoms with Gasteiger partial charge in [-0.1, -0.05) is 6.92 Å². The Morgan fingerprint density at radius 1 is 1.26 bits per heavy atom. The van der Waals surface area contributed by atoms with Gasteiger partial charge in [0, 0.05) is 19.2 Å². The Hall–Kier alpha value is -2.87. The Labute approximate surface area is 157 Å². The minimum absolute atomic E-state index is 0.0719. The van der Waals surface area contributed by atoms with E-state index >= 15 is 0 Å². The summed E-state index contributed by atoms with van der Waals surface area (Å²) >= 11 is 0. The molecule has 1 aromatic rings. The molecule has 1 fully saturated rings. The molecular formula is C19H23N3O5. The van der Waals surface area contributed by atoms with Gasteiger partial charge in [-0.05, 0) is 37.0 Å². The van der Waals surface area contributed by atoms with Crippen LogP contribution in [0.1, 0.15) is 30.1 Å². The molecule has 0 saturated carbocycles. The highest BCUT2D eigenvalue weighted by molar-refractivity contribution is 6.17. The van der Waals surface area contributed by atoms with Crippen LogP contribution in [0.5, 0.6) is 0 Å². The summed E-state index contributed by atoms with van der Waals surface area (Å²) in [5.74, 6) is -1.46. The van der Waals surface area contributed by atoms with Gasteiger partial charge in [0.1, 0.15) is 5.70 Å². The normalized spacial score (nSPS) is 18.1. The van der Waals surface area contributed by atoms with Crippen molar-refractivity contribution in [2.45, 2.75) is 19.8 Å². The molecule has 8 nitrogen and oxygen atoms in total. The molecule has 8 heteroatoms. The summed E-state index contributed by atoms with van der Waals surface area (Å²) in [6.07, 6.45) is 3.24. The number of aromatic carboxylic acids is 1. The van der Waals surface area contributed by atoms with Gasteiger partial charge in [0.25, 0.3) is 11.8 Å². The van der Waals surface area contributed by atoms with Crippen LogP contribution in [0.2, 0.25) is 0 Å². The second kappa shape index (κ2) is 7.79. The average Bonchev–Trinajstić information content (AvgIpc) is 2.90. The largest absolute Gasteiger partial charge is 0.478 e. The number of aliphatic hydroxyl groups excluding tert-OH is 1. The van der Waals surface area contributed by atoms with E-state index in [-0.39, 0.29) is 24.4 Å². The maximum absolute atomic E-state index is 12.4. The standard InChI is InChI=1S/C19H23N3O5/c1-12-4-6-21(7-5-12)16-3-2-13(19(26)27)10-14(16)20-15-11-17(24)22(8-9-23)18(15)25/h2-3,10-12,20,23H,4-9H2,1H3,(H,26,27). The number of amides is 2. The first-order valence-electron chi connectivity index (χ1n) is 8.98. The number of aliphatic hydroxyl groups is 1. The number of β-amino-alcohol motifs (C(OH)–C–C–N with tert-alkyl or cyclic N) is 1. The molecule has 1 saturated heterocycles. The number of carbonyl (C=O) groups is 3. The zero-order valence-electron chi connectivity index (χ0n) is 15.1. The smallest absolute Gasteiger partial charge is 0.335 e. The average molecular weight is 373 g/mol. The fourth-order valence-corrected chi connectivity index (χ4v) is 3.35. The third-order valence-corrected chi connectivity index (χ3v) is 4.97. The van der Waals surface area contributed by atoms with E-state index in [4.69, 9.17) is 5.11 Å². The maximum atomic E-state index is 12.4. The third kappa shape index (κ3) is 3.95. The van der Waals surface area contributed by atoms with Crippen molar-refractivity contribution in [3.63, 3.8) is 0 Å². The van der Waals surface area contributed by atoms with Gasteiger partial charge >= 0.3 is 5.97 Å². The summed E-state index contributed by atoms with van der Waals surface area (Å²) in [5, 5.41) is 21.3. The first kappa shape index (κ1) is 18.9. The molecule has 3 N–H and O–H groups in total. The van der Waals surface area contributed by atoms with Crippen molar-refractivity contribution in [1.29, 1.82) is 0 Å². The second-order valence-corrected chi connectivity index (χ2v) is 6.91. The number of benzene rings is 1. The van der Waals surface area contributed by atoms with Crippen LogP contribution >= 0.6 is 0 Å². The molecule has 0 spiro atoms. The molecule has 144 valence electrons. The number of hydrogen-bond acceptors (Lipinski definition) is 6. The lowest BCUT2D eigenvalue weighted by Gasteiger charge is -2.33. The minimum Gasteiger partial charge on any atom is -0.478 e. The van der Waals surface area contributed by atoms with Gasteiger partial charge in [-0.2, -0.15) is 0 Å². The van der Waals surface area contributed by atoms with Crippen molar-refractivity contribution in [2.75, 3.05) is 36.5 Å². The van der Waals surface area contributed by atoms with Crippen molar-refractivity contribution in [3.8, 4) is 0 Å². The van der Waals surface area contributed by atoms with Crippen molar-refractivity contribution in [1.82, 2.24) is 4.90 Å². The molecular weight excluding hydrogens is 350 g/mol. The first-order valence-corrected chi connectivity index (χ1v) is 8.98. The lowest BCUT2D eigenvalue weighted by Crippen LogP contribution is -2.35. The fraction of sp³-hybridized carbons (Fsp3) is 0.421. The molecule has 2 heterocycles. The van der Waals surface area contributed by atoms with Crippen molar-refractivity contribution < 1.29 is 24.6 Å². The van der Waals surface area contributed by atoms with E-state index in [1.54, 1.807) is 6.07 Å². The van der Waals surface area contributed by atoms with Gasteiger partial charge in [0.2, 0.25) is 0 Å². The zero-order valence-corrected chi connectivity index (χ0v) is 15.1. The van der Waals surface area contributed by atoms with Gasteiger partial charge < -0.3 is 20.4 Å². The molecule has 1 aromatic carbocycles. The summed E-state index contributed by atoms with van der Waals surface area (Å²) in [6.45, 7) is 3.48. The summed E-state index contributed by atoms with van der Waals surface area (Å²) in [7, 11) is 0. The number of hydrogen-bond donors (Lipinski definition) is 3. The van der Waals surface area contributed by atoms with Gasteiger partial charge in [0.05, 0.1) is 30.1 Å². The van der Waals surface area contributed by atoms with E-state index in [1.165, 1.54) is 18.2 Å². The molecule has 0 bridgehead atoms. The molecule has 0 aliphatic carbocycles. The number of carbonyl (C=O) groups excluding carboxylic acids is 2. The minimum atomic E-state index is -1.07. The topological polar surface area (TPSA) is 110 Å². The van der Waals surface area contributed by atoms with E-state index in [1.807, 2.05) is 0 Å². The van der Waals surface area contributed by atoms with Crippen molar-refractivity contribution in [2.24, 2.45) is 5.92 Å². The van der Waals surface area contributed by atoms with E-state index in [0.29, 0.717) is 11.6 Å². The maximum Gasteiger partial charge on any atom is 0.335 e. The zero-order chi connectivity index (χ0) is 19.6. The van der Waals surface area contributed by atoms with Gasteiger partial charge in [-0.3, -0.25) is 14.5 Å². The fourth-order valence-electron chi connectivity index (χ4n) is 3.35. The molecule has 0 unspecified atom stereocenters. The Morgan fingerprint density at radius 3 is 2.59 bits per heavy atom. The van der Waals surface area contributed by atoms with Crippen LogP contribution in [0.15, 0.2) is 30.0 Å². The van der Waals surface area contributed by atoms with E-state index in [2.05, 4.69) is 17.1 Å². The summed E-state index contributed by atoms with van der Waals surface area (Å²) in [6, 6.07) is 4.74. The number of anilines is 2. The van der Waals surface area contributed by atoms with E-state index in [0.717, 1.165) is 36.5 Å². The third-order valence-electron chi connectivity index (χ3n) is 4.97. The first-order chi connectivity index (χ1) is 12.9. The number of rotatable bonds is 6. The number of imide groups is 1.